The molecular formula is C20H24FNO4. The third-order valence-electron chi connectivity index (χ3n) is 3.67. The monoisotopic (exact) mass is 361 g/mol. The fourth-order valence-corrected chi connectivity index (χ4v) is 2.29. The van der Waals surface area contributed by atoms with Crippen LogP contribution in [-0.2, 0) is 6.54 Å². The summed E-state index contributed by atoms with van der Waals surface area (Å²) in [5.41, 5.74) is 1.08. The van der Waals surface area contributed by atoms with Gasteiger partial charge in [0.05, 0.1) is 20.8 Å². The molecule has 0 aliphatic carbocycles. The van der Waals surface area contributed by atoms with Crippen molar-refractivity contribution < 1.29 is 23.4 Å². The third-order valence-corrected chi connectivity index (χ3v) is 3.67. The van der Waals surface area contributed by atoms with Crippen molar-refractivity contribution in [2.45, 2.75) is 20.4 Å². The lowest BCUT2D eigenvalue weighted by molar-refractivity contribution is 0.0950. The van der Waals surface area contributed by atoms with Gasteiger partial charge in [-0.1, -0.05) is 19.9 Å². The molecule has 0 saturated heterocycles. The second kappa shape index (κ2) is 9.08. The van der Waals surface area contributed by atoms with Gasteiger partial charge in [0.1, 0.15) is 0 Å². The van der Waals surface area contributed by atoms with Crippen LogP contribution in [-0.4, -0.2) is 26.7 Å². The van der Waals surface area contributed by atoms with E-state index in [1.807, 2.05) is 0 Å². The Bertz CT molecular complexity index is 761. The molecule has 140 valence electrons. The highest BCUT2D eigenvalue weighted by Gasteiger charge is 2.12. The van der Waals surface area contributed by atoms with E-state index in [2.05, 4.69) is 19.2 Å². The van der Waals surface area contributed by atoms with Crippen molar-refractivity contribution >= 4 is 5.91 Å². The van der Waals surface area contributed by atoms with E-state index in [4.69, 9.17) is 14.2 Å². The van der Waals surface area contributed by atoms with E-state index in [1.165, 1.54) is 26.4 Å². The lowest BCUT2D eigenvalue weighted by Gasteiger charge is -2.13. The van der Waals surface area contributed by atoms with Gasteiger partial charge in [-0.05, 0) is 41.8 Å². The Morgan fingerprint density at radius 3 is 2.35 bits per heavy atom. The molecule has 5 nitrogen and oxygen atoms in total. The number of carbonyl (C=O) groups excluding carboxylic acids is 1. The summed E-state index contributed by atoms with van der Waals surface area (Å²) < 4.78 is 29.6. The minimum atomic E-state index is -0.465. The maximum absolute atomic E-state index is 13.7. The maximum atomic E-state index is 13.7. The Morgan fingerprint density at radius 1 is 1.04 bits per heavy atom. The smallest absolute Gasteiger partial charge is 0.251 e. The summed E-state index contributed by atoms with van der Waals surface area (Å²) in [5.74, 6) is 0.889. The highest BCUT2D eigenvalue weighted by atomic mass is 19.1. The number of ether oxygens (including phenoxy) is 3. The second-order valence-corrected chi connectivity index (χ2v) is 6.22. The SMILES string of the molecule is COc1ccc(CNC(=O)c2ccc(OCC(C)C)c(OC)c2)cc1F. The van der Waals surface area contributed by atoms with Crippen LogP contribution in [0.4, 0.5) is 4.39 Å². The van der Waals surface area contributed by atoms with Crippen LogP contribution >= 0.6 is 0 Å². The lowest BCUT2D eigenvalue weighted by Crippen LogP contribution is -2.23. The highest BCUT2D eigenvalue weighted by molar-refractivity contribution is 5.94. The van der Waals surface area contributed by atoms with Gasteiger partial charge >= 0.3 is 0 Å². The van der Waals surface area contributed by atoms with Gasteiger partial charge in [-0.25, -0.2) is 4.39 Å². The molecule has 0 saturated carbocycles. The van der Waals surface area contributed by atoms with Gasteiger partial charge in [-0.2, -0.15) is 0 Å². The number of nitrogens with one attached hydrogen (secondary N) is 1. The van der Waals surface area contributed by atoms with Crippen molar-refractivity contribution in [3.8, 4) is 17.2 Å². The van der Waals surface area contributed by atoms with Crippen LogP contribution in [0.1, 0.15) is 29.8 Å². The molecule has 0 bridgehead atoms. The molecule has 2 aromatic rings. The fraction of sp³-hybridized carbons (Fsp3) is 0.350. The average molecular weight is 361 g/mol. The highest BCUT2D eigenvalue weighted by Crippen LogP contribution is 2.28. The molecule has 0 atom stereocenters. The van der Waals surface area contributed by atoms with Gasteiger partial charge < -0.3 is 19.5 Å². The normalized spacial score (nSPS) is 10.5. The predicted molar refractivity (Wildman–Crippen MR) is 97.4 cm³/mol. The standard InChI is InChI=1S/C20H24FNO4/c1-13(2)12-26-18-8-6-15(10-19(18)25-4)20(23)22-11-14-5-7-17(24-3)16(21)9-14/h5-10,13H,11-12H2,1-4H3,(H,22,23). The Labute approximate surface area is 153 Å². The summed E-state index contributed by atoms with van der Waals surface area (Å²) in [6, 6.07) is 9.57. The molecule has 0 aliphatic heterocycles. The van der Waals surface area contributed by atoms with Gasteiger partial charge in [-0.3, -0.25) is 4.79 Å². The Hall–Kier alpha value is -2.76. The second-order valence-electron chi connectivity index (χ2n) is 6.22. The summed E-state index contributed by atoms with van der Waals surface area (Å²) in [6.45, 7) is 4.87. The summed E-state index contributed by atoms with van der Waals surface area (Å²) in [6.07, 6.45) is 0. The number of methoxy groups -OCH3 is 2. The van der Waals surface area contributed by atoms with Crippen molar-refractivity contribution in [1.82, 2.24) is 5.32 Å². The number of hydrogen-bond acceptors (Lipinski definition) is 4. The van der Waals surface area contributed by atoms with Crippen molar-refractivity contribution in [3.05, 3.63) is 53.3 Å². The Kier molecular flexibility index (Phi) is 6.83. The van der Waals surface area contributed by atoms with Gasteiger partial charge in [-0.15, -0.1) is 0 Å². The lowest BCUT2D eigenvalue weighted by atomic mass is 10.1. The molecule has 1 N–H and O–H groups in total. The average Bonchev–Trinajstić information content (AvgIpc) is 2.64. The number of benzene rings is 2. The minimum absolute atomic E-state index is 0.168. The number of rotatable bonds is 8. The van der Waals surface area contributed by atoms with Crippen molar-refractivity contribution in [2.75, 3.05) is 20.8 Å². The first-order valence-electron chi connectivity index (χ1n) is 8.36. The van der Waals surface area contributed by atoms with Crippen LogP contribution in [0.15, 0.2) is 36.4 Å². The third kappa shape index (κ3) is 5.12. The molecule has 26 heavy (non-hydrogen) atoms. The van der Waals surface area contributed by atoms with E-state index in [-0.39, 0.29) is 18.2 Å². The first-order valence-corrected chi connectivity index (χ1v) is 8.36. The van der Waals surface area contributed by atoms with E-state index in [1.54, 1.807) is 24.3 Å². The molecule has 0 unspecified atom stereocenters. The minimum Gasteiger partial charge on any atom is -0.494 e. The summed E-state index contributed by atoms with van der Waals surface area (Å²) in [7, 11) is 2.93. The molecule has 2 rings (SSSR count). The predicted octanol–water partition coefficient (Wildman–Crippen LogP) is 3.81. The summed E-state index contributed by atoms with van der Waals surface area (Å²) >= 11 is 0. The largest absolute Gasteiger partial charge is 0.494 e. The molecule has 0 aromatic heterocycles. The van der Waals surface area contributed by atoms with E-state index in [0.29, 0.717) is 35.2 Å². The van der Waals surface area contributed by atoms with E-state index in [9.17, 15) is 9.18 Å². The van der Waals surface area contributed by atoms with Crippen LogP contribution in [0.2, 0.25) is 0 Å². The van der Waals surface area contributed by atoms with Crippen molar-refractivity contribution in [2.24, 2.45) is 5.92 Å². The Morgan fingerprint density at radius 2 is 1.73 bits per heavy atom. The Balaban J connectivity index is 2.03. The molecule has 1 amide bonds. The number of halogens is 1. The van der Waals surface area contributed by atoms with Crippen molar-refractivity contribution in [3.63, 3.8) is 0 Å². The zero-order chi connectivity index (χ0) is 19.1. The van der Waals surface area contributed by atoms with Crippen molar-refractivity contribution in [1.29, 1.82) is 0 Å². The van der Waals surface area contributed by atoms with E-state index in [0.717, 1.165) is 0 Å². The first kappa shape index (κ1) is 19.6. The van der Waals surface area contributed by atoms with Gasteiger partial charge in [0, 0.05) is 12.1 Å². The van der Waals surface area contributed by atoms with Gasteiger partial charge in [0.15, 0.2) is 23.1 Å². The molecule has 0 heterocycles. The molecule has 0 spiro atoms. The zero-order valence-corrected chi connectivity index (χ0v) is 15.5. The van der Waals surface area contributed by atoms with E-state index < -0.39 is 5.82 Å². The van der Waals surface area contributed by atoms with Gasteiger partial charge in [0.2, 0.25) is 0 Å². The molecular weight excluding hydrogens is 337 g/mol. The van der Waals surface area contributed by atoms with Crippen LogP contribution in [0.5, 0.6) is 17.2 Å². The van der Waals surface area contributed by atoms with E-state index >= 15 is 0 Å². The van der Waals surface area contributed by atoms with Gasteiger partial charge in [0.25, 0.3) is 5.91 Å². The number of carbonyl (C=O) groups is 1. The molecule has 0 radical (unpaired) electrons. The van der Waals surface area contributed by atoms with Crippen LogP contribution in [0.25, 0.3) is 0 Å². The topological polar surface area (TPSA) is 56.8 Å². The molecule has 2 aromatic carbocycles. The molecule has 0 aliphatic rings. The maximum Gasteiger partial charge on any atom is 0.251 e. The van der Waals surface area contributed by atoms with Crippen LogP contribution < -0.4 is 19.5 Å². The summed E-state index contributed by atoms with van der Waals surface area (Å²) in [5, 5.41) is 2.76. The number of hydrogen-bond donors (Lipinski definition) is 1. The van der Waals surface area contributed by atoms with Crippen LogP contribution in [0, 0.1) is 11.7 Å². The first-order chi connectivity index (χ1) is 12.4. The fourth-order valence-electron chi connectivity index (χ4n) is 2.29. The molecule has 6 heteroatoms. The zero-order valence-electron chi connectivity index (χ0n) is 15.5. The number of amides is 1. The quantitative estimate of drug-likeness (QED) is 0.777. The van der Waals surface area contributed by atoms with Crippen LogP contribution in [0.3, 0.4) is 0 Å². The molecule has 0 fully saturated rings. The summed E-state index contributed by atoms with van der Waals surface area (Å²) in [4.78, 5) is 12.3.